The van der Waals surface area contributed by atoms with Crippen LogP contribution in [0.1, 0.15) is 10.5 Å². The number of amides is 1. The van der Waals surface area contributed by atoms with Crippen molar-refractivity contribution in [3.63, 3.8) is 0 Å². The van der Waals surface area contributed by atoms with Crippen molar-refractivity contribution >= 4 is 39.7 Å². The van der Waals surface area contributed by atoms with Gasteiger partial charge in [0, 0.05) is 24.7 Å². The molecule has 1 saturated heterocycles. The summed E-state index contributed by atoms with van der Waals surface area (Å²) in [5.74, 6) is -0.354. The number of imidazole rings is 1. The Morgan fingerprint density at radius 1 is 1.20 bits per heavy atom. The zero-order valence-corrected chi connectivity index (χ0v) is 16.7. The maximum atomic E-state index is 12.8. The zero-order chi connectivity index (χ0) is 20.5. The van der Waals surface area contributed by atoms with E-state index in [1.165, 1.54) is 15.9 Å². The van der Waals surface area contributed by atoms with Gasteiger partial charge in [0.25, 0.3) is 5.91 Å². The minimum Gasteiger partial charge on any atom is -0.378 e. The van der Waals surface area contributed by atoms with E-state index in [-0.39, 0.29) is 17.3 Å². The summed E-state index contributed by atoms with van der Waals surface area (Å²) in [6.45, 7) is 2.78. The van der Waals surface area contributed by atoms with E-state index in [0.29, 0.717) is 35.1 Å². The third kappa shape index (κ3) is 3.36. The number of ether oxygens (including phenoxy) is 1. The number of nitrogens with zero attached hydrogens (tertiary/aromatic N) is 4. The van der Waals surface area contributed by atoms with Gasteiger partial charge in [-0.3, -0.25) is 9.78 Å². The lowest BCUT2D eigenvalue weighted by atomic mass is 10.2. The monoisotopic (exact) mass is 422 g/mol. The van der Waals surface area contributed by atoms with Crippen LogP contribution in [-0.4, -0.2) is 51.7 Å². The van der Waals surface area contributed by atoms with Gasteiger partial charge in [-0.2, -0.15) is 0 Å². The lowest BCUT2D eigenvalue weighted by molar-refractivity contribution is 0.102. The Hall–Kier alpha value is -3.50. The molecule has 3 aromatic heterocycles. The summed E-state index contributed by atoms with van der Waals surface area (Å²) in [4.78, 5) is 38.7. The molecule has 0 saturated carbocycles. The van der Waals surface area contributed by atoms with E-state index in [9.17, 15) is 9.59 Å². The Bertz CT molecular complexity index is 1270. The van der Waals surface area contributed by atoms with Crippen LogP contribution < -0.4 is 15.9 Å². The van der Waals surface area contributed by atoms with Crippen LogP contribution in [0.5, 0.6) is 0 Å². The molecule has 0 spiro atoms. The van der Waals surface area contributed by atoms with Crippen LogP contribution in [-0.2, 0) is 4.74 Å². The highest BCUT2D eigenvalue weighted by Crippen LogP contribution is 2.26. The molecular formula is C20H18N6O3S. The molecule has 1 aliphatic heterocycles. The number of pyridine rings is 1. The first-order chi connectivity index (χ1) is 14.7. The minimum absolute atomic E-state index is 0.240. The topological polar surface area (TPSA) is 105 Å². The number of H-pyrrole nitrogens is 1. The number of anilines is 2. The first-order valence-electron chi connectivity index (χ1n) is 9.44. The molecule has 1 aliphatic rings. The fraction of sp³-hybridized carbons (Fsp3) is 0.200. The highest BCUT2D eigenvalue weighted by atomic mass is 32.1. The smallest absolute Gasteiger partial charge is 0.332 e. The SMILES string of the molecule is O=C(Nc1cnccc1N1CCOCC1)c1csc(-n2c(=O)[nH]c3ccccc32)n1. The summed E-state index contributed by atoms with van der Waals surface area (Å²) >= 11 is 1.24. The van der Waals surface area contributed by atoms with Crippen molar-refractivity contribution in [2.24, 2.45) is 0 Å². The highest BCUT2D eigenvalue weighted by molar-refractivity contribution is 7.12. The molecule has 30 heavy (non-hydrogen) atoms. The predicted molar refractivity (Wildman–Crippen MR) is 115 cm³/mol. The number of para-hydroxylation sites is 2. The number of hydrogen-bond donors (Lipinski definition) is 2. The van der Waals surface area contributed by atoms with E-state index in [4.69, 9.17) is 4.74 Å². The quantitative estimate of drug-likeness (QED) is 0.523. The number of carbonyl (C=O) groups excluding carboxylic acids is 1. The van der Waals surface area contributed by atoms with Gasteiger partial charge >= 0.3 is 5.69 Å². The standard InChI is InChI=1S/C20H18N6O3S/c27-18(22-14-11-21-6-5-16(14)25-7-9-29-10-8-25)15-12-30-20(24-15)26-17-4-2-1-3-13(17)23-19(26)28/h1-6,11-12H,7-10H2,(H,22,27)(H,23,28). The van der Waals surface area contributed by atoms with Gasteiger partial charge in [-0.15, -0.1) is 11.3 Å². The van der Waals surface area contributed by atoms with Crippen LogP contribution in [0.2, 0.25) is 0 Å². The molecule has 2 N–H and O–H groups in total. The number of aromatic nitrogens is 4. The molecule has 0 bridgehead atoms. The second-order valence-electron chi connectivity index (χ2n) is 6.74. The van der Waals surface area contributed by atoms with Crippen molar-refractivity contribution in [3.8, 4) is 5.13 Å². The van der Waals surface area contributed by atoms with Crippen molar-refractivity contribution in [1.82, 2.24) is 19.5 Å². The molecule has 152 valence electrons. The van der Waals surface area contributed by atoms with Crippen molar-refractivity contribution in [3.05, 3.63) is 64.3 Å². The molecule has 5 rings (SSSR count). The first-order valence-corrected chi connectivity index (χ1v) is 10.3. The van der Waals surface area contributed by atoms with Crippen LogP contribution in [0.25, 0.3) is 16.2 Å². The number of hydrogen-bond acceptors (Lipinski definition) is 7. The molecule has 0 aliphatic carbocycles. The van der Waals surface area contributed by atoms with Gasteiger partial charge in [-0.05, 0) is 18.2 Å². The van der Waals surface area contributed by atoms with Gasteiger partial charge in [0.05, 0.1) is 41.8 Å². The van der Waals surface area contributed by atoms with Gasteiger partial charge in [0.2, 0.25) is 0 Å². The van der Waals surface area contributed by atoms with E-state index in [2.05, 4.69) is 25.2 Å². The second-order valence-corrected chi connectivity index (χ2v) is 7.58. The first kappa shape index (κ1) is 18.5. The summed E-state index contributed by atoms with van der Waals surface area (Å²) in [6.07, 6.45) is 3.32. The Kier molecular flexibility index (Phi) is 4.77. The van der Waals surface area contributed by atoms with Gasteiger partial charge in [-0.25, -0.2) is 14.3 Å². The molecule has 1 amide bonds. The van der Waals surface area contributed by atoms with E-state index in [1.54, 1.807) is 17.8 Å². The van der Waals surface area contributed by atoms with Gasteiger partial charge < -0.3 is 19.9 Å². The third-order valence-corrected chi connectivity index (χ3v) is 5.73. The Morgan fingerprint density at radius 3 is 2.90 bits per heavy atom. The fourth-order valence-electron chi connectivity index (χ4n) is 3.47. The minimum atomic E-state index is -0.354. The molecule has 4 heterocycles. The van der Waals surface area contributed by atoms with E-state index in [0.717, 1.165) is 18.8 Å². The van der Waals surface area contributed by atoms with Crippen LogP contribution in [0, 0.1) is 0 Å². The van der Waals surface area contributed by atoms with Crippen LogP contribution in [0.4, 0.5) is 11.4 Å². The second kappa shape index (κ2) is 7.73. The molecule has 1 fully saturated rings. The highest BCUT2D eigenvalue weighted by Gasteiger charge is 2.19. The fourth-order valence-corrected chi connectivity index (χ4v) is 4.28. The van der Waals surface area contributed by atoms with Gasteiger partial charge in [0.15, 0.2) is 5.13 Å². The molecule has 0 radical (unpaired) electrons. The number of morpholine rings is 1. The average Bonchev–Trinajstić information content (AvgIpc) is 3.38. The van der Waals surface area contributed by atoms with Gasteiger partial charge in [0.1, 0.15) is 5.69 Å². The van der Waals surface area contributed by atoms with E-state index >= 15 is 0 Å². The summed E-state index contributed by atoms with van der Waals surface area (Å²) in [6, 6.07) is 9.23. The molecule has 1 aromatic carbocycles. The normalized spacial score (nSPS) is 14.2. The largest absolute Gasteiger partial charge is 0.378 e. The average molecular weight is 422 g/mol. The summed E-state index contributed by atoms with van der Waals surface area (Å²) in [5, 5.41) is 4.97. The predicted octanol–water partition coefficient (Wildman–Crippen LogP) is 2.26. The Balaban J connectivity index is 1.42. The van der Waals surface area contributed by atoms with Crippen LogP contribution in [0.3, 0.4) is 0 Å². The molecule has 9 nitrogen and oxygen atoms in total. The Labute approximate surface area is 175 Å². The van der Waals surface area contributed by atoms with Crippen LogP contribution >= 0.6 is 11.3 Å². The number of aromatic amines is 1. The third-order valence-electron chi connectivity index (χ3n) is 4.90. The maximum Gasteiger partial charge on any atom is 0.332 e. The van der Waals surface area contributed by atoms with Crippen molar-refractivity contribution in [1.29, 1.82) is 0 Å². The lowest BCUT2D eigenvalue weighted by Crippen LogP contribution is -2.36. The summed E-state index contributed by atoms with van der Waals surface area (Å²) < 4.78 is 6.88. The molecule has 4 aromatic rings. The van der Waals surface area contributed by atoms with Crippen molar-refractivity contribution in [2.75, 3.05) is 36.5 Å². The van der Waals surface area contributed by atoms with E-state index in [1.807, 2.05) is 30.3 Å². The number of nitrogens with one attached hydrogen (secondary N) is 2. The van der Waals surface area contributed by atoms with Crippen molar-refractivity contribution in [2.45, 2.75) is 0 Å². The number of rotatable bonds is 4. The van der Waals surface area contributed by atoms with Gasteiger partial charge in [-0.1, -0.05) is 12.1 Å². The zero-order valence-electron chi connectivity index (χ0n) is 15.9. The maximum absolute atomic E-state index is 12.8. The molecule has 10 heteroatoms. The van der Waals surface area contributed by atoms with E-state index < -0.39 is 0 Å². The number of fused-ring (bicyclic) bond motifs is 1. The number of benzene rings is 1. The number of carbonyl (C=O) groups is 1. The molecular weight excluding hydrogens is 404 g/mol. The Morgan fingerprint density at radius 2 is 2.03 bits per heavy atom. The van der Waals surface area contributed by atoms with Crippen molar-refractivity contribution < 1.29 is 9.53 Å². The lowest BCUT2D eigenvalue weighted by Gasteiger charge is -2.30. The number of thiazole rings is 1. The molecule has 0 unspecified atom stereocenters. The molecule has 0 atom stereocenters. The summed E-state index contributed by atoms with van der Waals surface area (Å²) in [5.41, 5.74) is 2.89. The van der Waals surface area contributed by atoms with Crippen LogP contribution in [0.15, 0.2) is 52.9 Å². The summed E-state index contributed by atoms with van der Waals surface area (Å²) in [7, 11) is 0.